The highest BCUT2D eigenvalue weighted by Gasteiger charge is 2.19. The Kier molecular flexibility index (Phi) is 4.06. The molecule has 0 aromatic carbocycles. The Bertz CT molecular complexity index is 398. The number of hydrogen-bond donors (Lipinski definition) is 2. The molecule has 1 aromatic heterocycles. The number of anilines is 1. The highest BCUT2D eigenvalue weighted by molar-refractivity contribution is 7.14. The average Bonchev–Trinajstić information content (AvgIpc) is 2.64. The first kappa shape index (κ1) is 12.7. The van der Waals surface area contributed by atoms with E-state index in [9.17, 15) is 9.59 Å². The highest BCUT2D eigenvalue weighted by atomic mass is 32.1. The molecule has 1 amide bonds. The van der Waals surface area contributed by atoms with Gasteiger partial charge in [0, 0.05) is 5.92 Å². The van der Waals surface area contributed by atoms with Crippen molar-refractivity contribution >= 4 is 28.2 Å². The molecule has 0 radical (unpaired) electrons. The van der Waals surface area contributed by atoms with E-state index in [1.165, 1.54) is 17.4 Å². The van der Waals surface area contributed by atoms with E-state index >= 15 is 0 Å². The van der Waals surface area contributed by atoms with Crippen molar-refractivity contribution in [1.82, 2.24) is 0 Å². The lowest BCUT2D eigenvalue weighted by Crippen LogP contribution is -2.24. The van der Waals surface area contributed by atoms with E-state index in [1.54, 1.807) is 5.38 Å². The lowest BCUT2D eigenvalue weighted by atomic mass is 9.97. The second-order valence-electron chi connectivity index (χ2n) is 3.99. The Balaban J connectivity index is 2.77. The molecule has 1 rings (SSSR count). The van der Waals surface area contributed by atoms with Gasteiger partial charge in [0.25, 0.3) is 0 Å². The van der Waals surface area contributed by atoms with Crippen molar-refractivity contribution in [3.05, 3.63) is 17.0 Å². The van der Waals surface area contributed by atoms with Crippen molar-refractivity contribution in [3.8, 4) is 0 Å². The van der Waals surface area contributed by atoms with E-state index in [0.717, 1.165) is 0 Å². The molecular weight excluding hydrogens is 226 g/mol. The van der Waals surface area contributed by atoms with Gasteiger partial charge in [0.1, 0.15) is 5.00 Å². The van der Waals surface area contributed by atoms with Crippen LogP contribution < -0.4 is 5.32 Å². The fourth-order valence-corrected chi connectivity index (χ4v) is 1.89. The summed E-state index contributed by atoms with van der Waals surface area (Å²) in [5.74, 6) is -1.06. The number of aromatic carboxylic acids is 1. The second kappa shape index (κ2) is 5.12. The molecule has 0 aliphatic heterocycles. The molecule has 0 aliphatic rings. The van der Waals surface area contributed by atoms with Crippen molar-refractivity contribution in [3.63, 3.8) is 0 Å². The first-order valence-electron chi connectivity index (χ1n) is 5.05. The molecule has 1 heterocycles. The minimum atomic E-state index is -1.02. The number of nitrogens with one attached hydrogen (secondary N) is 1. The minimum Gasteiger partial charge on any atom is -0.478 e. The van der Waals surface area contributed by atoms with Crippen LogP contribution in [0.25, 0.3) is 0 Å². The van der Waals surface area contributed by atoms with Gasteiger partial charge in [-0.1, -0.05) is 20.8 Å². The van der Waals surface area contributed by atoms with Crippen LogP contribution in [0.15, 0.2) is 11.4 Å². The molecule has 2 N–H and O–H groups in total. The number of carboxylic acids is 1. The van der Waals surface area contributed by atoms with Crippen molar-refractivity contribution in [1.29, 1.82) is 0 Å². The summed E-state index contributed by atoms with van der Waals surface area (Å²) in [6.07, 6.45) is 0. The molecule has 16 heavy (non-hydrogen) atoms. The van der Waals surface area contributed by atoms with Gasteiger partial charge in [0.05, 0.1) is 5.56 Å². The molecule has 0 spiro atoms. The van der Waals surface area contributed by atoms with Crippen LogP contribution in [0.2, 0.25) is 0 Å². The van der Waals surface area contributed by atoms with Crippen LogP contribution >= 0.6 is 11.3 Å². The summed E-state index contributed by atoms with van der Waals surface area (Å²) < 4.78 is 0. The predicted molar refractivity (Wildman–Crippen MR) is 63.9 cm³/mol. The Labute approximate surface area is 98.3 Å². The number of rotatable bonds is 4. The van der Waals surface area contributed by atoms with Crippen molar-refractivity contribution < 1.29 is 14.7 Å². The summed E-state index contributed by atoms with van der Waals surface area (Å²) in [6.45, 7) is 5.74. The van der Waals surface area contributed by atoms with E-state index in [-0.39, 0.29) is 23.3 Å². The summed E-state index contributed by atoms with van der Waals surface area (Å²) in [5, 5.41) is 13.6. The first-order valence-corrected chi connectivity index (χ1v) is 5.93. The maximum Gasteiger partial charge on any atom is 0.338 e. The molecule has 5 heteroatoms. The summed E-state index contributed by atoms with van der Waals surface area (Å²) in [7, 11) is 0. The zero-order valence-electron chi connectivity index (χ0n) is 9.48. The van der Waals surface area contributed by atoms with E-state index in [1.807, 2.05) is 20.8 Å². The van der Waals surface area contributed by atoms with Crippen LogP contribution in [0.3, 0.4) is 0 Å². The largest absolute Gasteiger partial charge is 0.478 e. The number of amides is 1. The summed E-state index contributed by atoms with van der Waals surface area (Å²) in [5.41, 5.74) is 0.148. The van der Waals surface area contributed by atoms with Gasteiger partial charge in [-0.2, -0.15) is 0 Å². The molecule has 88 valence electrons. The number of hydrogen-bond acceptors (Lipinski definition) is 3. The van der Waals surface area contributed by atoms with E-state index in [2.05, 4.69) is 5.32 Å². The smallest absolute Gasteiger partial charge is 0.338 e. The van der Waals surface area contributed by atoms with Crippen LogP contribution in [0.4, 0.5) is 5.00 Å². The Morgan fingerprint density at radius 2 is 2.00 bits per heavy atom. The Morgan fingerprint density at radius 3 is 2.50 bits per heavy atom. The Morgan fingerprint density at radius 1 is 1.38 bits per heavy atom. The van der Waals surface area contributed by atoms with Crippen LogP contribution in [0.1, 0.15) is 31.1 Å². The third-order valence-electron chi connectivity index (χ3n) is 2.55. The highest BCUT2D eigenvalue weighted by Crippen LogP contribution is 2.24. The second-order valence-corrected chi connectivity index (χ2v) is 4.91. The molecule has 0 fully saturated rings. The van der Waals surface area contributed by atoms with Gasteiger partial charge in [-0.05, 0) is 17.4 Å². The standard InChI is InChI=1S/C11H15NO3S/c1-6(2)7(3)9(13)12-10-8(11(14)15)4-5-16-10/h4-7H,1-3H3,(H,12,13)(H,14,15). The molecule has 4 nitrogen and oxygen atoms in total. The van der Waals surface area contributed by atoms with E-state index in [4.69, 9.17) is 5.11 Å². The monoisotopic (exact) mass is 241 g/mol. The number of carboxylic acid groups (broad SMARTS) is 1. The minimum absolute atomic E-state index is 0.135. The molecule has 0 aliphatic carbocycles. The molecule has 0 bridgehead atoms. The van der Waals surface area contributed by atoms with Crippen LogP contribution in [0, 0.1) is 11.8 Å². The number of thiophene rings is 1. The van der Waals surface area contributed by atoms with E-state index < -0.39 is 5.97 Å². The molecular formula is C11H15NO3S. The molecule has 0 saturated carbocycles. The molecule has 1 atom stereocenters. The van der Waals surface area contributed by atoms with Gasteiger partial charge >= 0.3 is 5.97 Å². The zero-order chi connectivity index (χ0) is 12.3. The van der Waals surface area contributed by atoms with Gasteiger partial charge in [0.15, 0.2) is 0 Å². The van der Waals surface area contributed by atoms with Gasteiger partial charge < -0.3 is 10.4 Å². The summed E-state index contributed by atoms with van der Waals surface area (Å²) >= 11 is 1.22. The van der Waals surface area contributed by atoms with Gasteiger partial charge in [-0.25, -0.2) is 4.79 Å². The van der Waals surface area contributed by atoms with Gasteiger partial charge in [0.2, 0.25) is 5.91 Å². The molecule has 1 aromatic rings. The topological polar surface area (TPSA) is 66.4 Å². The first-order chi connectivity index (χ1) is 7.43. The van der Waals surface area contributed by atoms with Crippen LogP contribution in [-0.4, -0.2) is 17.0 Å². The fourth-order valence-electron chi connectivity index (χ4n) is 1.10. The van der Waals surface area contributed by atoms with Crippen LogP contribution in [0.5, 0.6) is 0 Å². The predicted octanol–water partition coefficient (Wildman–Crippen LogP) is 2.68. The lowest BCUT2D eigenvalue weighted by molar-refractivity contribution is -0.120. The molecule has 0 saturated heterocycles. The van der Waals surface area contributed by atoms with Gasteiger partial charge in [-0.3, -0.25) is 4.79 Å². The number of carbonyl (C=O) groups is 2. The van der Waals surface area contributed by atoms with Gasteiger partial charge in [-0.15, -0.1) is 11.3 Å². The lowest BCUT2D eigenvalue weighted by Gasteiger charge is -2.14. The summed E-state index contributed by atoms with van der Waals surface area (Å²) in [6, 6.07) is 1.49. The van der Waals surface area contributed by atoms with Crippen molar-refractivity contribution in [2.24, 2.45) is 11.8 Å². The third kappa shape index (κ3) is 2.82. The zero-order valence-corrected chi connectivity index (χ0v) is 10.3. The quantitative estimate of drug-likeness (QED) is 0.851. The fraction of sp³-hybridized carbons (Fsp3) is 0.455. The molecule has 1 unspecified atom stereocenters. The van der Waals surface area contributed by atoms with Crippen molar-refractivity contribution in [2.75, 3.05) is 5.32 Å². The average molecular weight is 241 g/mol. The van der Waals surface area contributed by atoms with Crippen LogP contribution in [-0.2, 0) is 4.79 Å². The third-order valence-corrected chi connectivity index (χ3v) is 3.38. The normalized spacial score (nSPS) is 12.5. The maximum atomic E-state index is 11.7. The Hall–Kier alpha value is -1.36. The van der Waals surface area contributed by atoms with Crippen molar-refractivity contribution in [2.45, 2.75) is 20.8 Å². The number of carbonyl (C=O) groups excluding carboxylic acids is 1. The maximum absolute atomic E-state index is 11.7. The van der Waals surface area contributed by atoms with E-state index in [0.29, 0.717) is 5.00 Å². The summed E-state index contributed by atoms with van der Waals surface area (Å²) in [4.78, 5) is 22.6. The SMILES string of the molecule is CC(C)C(C)C(=O)Nc1sccc1C(=O)O.